The number of ether oxygens (including phenoxy) is 1. The van der Waals surface area contributed by atoms with Gasteiger partial charge >= 0.3 is 0 Å². The molecule has 2 N–H and O–H groups in total. The Kier molecular flexibility index (Phi) is 3.50. The molecule has 0 radical (unpaired) electrons. The number of aldehydes is 1. The lowest BCUT2D eigenvalue weighted by Crippen LogP contribution is -1.96. The maximum absolute atomic E-state index is 10.0. The fourth-order valence-electron chi connectivity index (χ4n) is 0.842. The molecule has 4 nitrogen and oxygen atoms in total. The number of nitrogens with two attached hydrogens (primary N) is 1. The summed E-state index contributed by atoms with van der Waals surface area (Å²) in [7, 11) is 1.52. The van der Waals surface area contributed by atoms with Crippen LogP contribution in [0, 0.1) is 11.8 Å². The molecule has 0 spiro atoms. The van der Waals surface area contributed by atoms with Crippen LogP contribution in [0.2, 0.25) is 0 Å². The number of anilines is 1. The van der Waals surface area contributed by atoms with Crippen molar-refractivity contribution in [2.75, 3.05) is 12.8 Å². The number of rotatable bonds is 2. The average molecular weight is 190 g/mol. The van der Waals surface area contributed by atoms with Crippen molar-refractivity contribution in [2.24, 2.45) is 0 Å². The standard InChI is InChI=1S/C10H10N2O2/c1-14-10-6-5-8(11)9(12-10)4-2-3-7-13/h5-7H,3,11H2,1H3. The van der Waals surface area contributed by atoms with Gasteiger partial charge in [0.15, 0.2) is 0 Å². The zero-order valence-electron chi connectivity index (χ0n) is 7.78. The van der Waals surface area contributed by atoms with Gasteiger partial charge in [-0.25, -0.2) is 4.98 Å². The number of aromatic nitrogens is 1. The van der Waals surface area contributed by atoms with Gasteiger partial charge in [0.1, 0.15) is 12.0 Å². The fraction of sp³-hybridized carbons (Fsp3) is 0.200. The number of pyridine rings is 1. The summed E-state index contributed by atoms with van der Waals surface area (Å²) in [5, 5.41) is 0. The highest BCUT2D eigenvalue weighted by atomic mass is 16.5. The molecule has 0 saturated heterocycles. The number of carbonyl (C=O) groups excluding carboxylic acids is 1. The quantitative estimate of drug-likeness (QED) is 0.548. The van der Waals surface area contributed by atoms with Crippen LogP contribution in [0.4, 0.5) is 5.69 Å². The summed E-state index contributed by atoms with van der Waals surface area (Å²) in [6, 6.07) is 3.32. The molecule has 4 heteroatoms. The molecule has 1 aromatic rings. The molecule has 0 aliphatic rings. The fourth-order valence-corrected chi connectivity index (χ4v) is 0.842. The van der Waals surface area contributed by atoms with E-state index in [4.69, 9.17) is 10.5 Å². The lowest BCUT2D eigenvalue weighted by atomic mass is 10.3. The van der Waals surface area contributed by atoms with Gasteiger partial charge in [-0.15, -0.1) is 0 Å². The summed E-state index contributed by atoms with van der Waals surface area (Å²) in [5.74, 6) is 5.77. The van der Waals surface area contributed by atoms with Crippen LogP contribution >= 0.6 is 0 Å². The van der Waals surface area contributed by atoms with Crippen molar-refractivity contribution in [1.29, 1.82) is 0 Å². The Hall–Kier alpha value is -2.02. The highest BCUT2D eigenvalue weighted by Gasteiger charge is 1.99. The number of hydrogen-bond donors (Lipinski definition) is 1. The van der Waals surface area contributed by atoms with Crippen LogP contribution < -0.4 is 10.5 Å². The van der Waals surface area contributed by atoms with E-state index in [1.54, 1.807) is 12.1 Å². The van der Waals surface area contributed by atoms with Crippen molar-refractivity contribution in [3.05, 3.63) is 17.8 Å². The topological polar surface area (TPSA) is 65.2 Å². The first-order chi connectivity index (χ1) is 6.77. The Morgan fingerprint density at radius 1 is 1.64 bits per heavy atom. The molecule has 0 fully saturated rings. The summed E-state index contributed by atoms with van der Waals surface area (Å²) < 4.78 is 4.91. The first-order valence-electron chi connectivity index (χ1n) is 4.01. The Morgan fingerprint density at radius 2 is 2.43 bits per heavy atom. The third kappa shape index (κ3) is 2.49. The second-order valence-electron chi connectivity index (χ2n) is 2.46. The number of methoxy groups -OCH3 is 1. The van der Waals surface area contributed by atoms with E-state index in [9.17, 15) is 4.79 Å². The highest BCUT2D eigenvalue weighted by molar-refractivity contribution is 5.57. The minimum atomic E-state index is 0.179. The number of nitrogens with zero attached hydrogens (tertiary/aromatic N) is 1. The average Bonchev–Trinajstić information content (AvgIpc) is 2.21. The van der Waals surface area contributed by atoms with Crippen molar-refractivity contribution < 1.29 is 9.53 Å². The van der Waals surface area contributed by atoms with Gasteiger partial charge in [0.25, 0.3) is 0 Å². The molecular formula is C10H10N2O2. The predicted octanol–water partition coefficient (Wildman–Crippen LogP) is 0.613. The molecule has 0 aromatic carbocycles. The van der Waals surface area contributed by atoms with E-state index in [2.05, 4.69) is 16.8 Å². The molecule has 1 heterocycles. The van der Waals surface area contributed by atoms with Gasteiger partial charge < -0.3 is 15.3 Å². The van der Waals surface area contributed by atoms with Gasteiger partial charge in [0, 0.05) is 6.07 Å². The minimum absolute atomic E-state index is 0.179. The van der Waals surface area contributed by atoms with E-state index in [0.29, 0.717) is 17.3 Å². The molecule has 0 unspecified atom stereocenters. The predicted molar refractivity (Wildman–Crippen MR) is 52.8 cm³/mol. The summed E-state index contributed by atoms with van der Waals surface area (Å²) in [5.41, 5.74) is 6.53. The smallest absolute Gasteiger partial charge is 0.214 e. The lowest BCUT2D eigenvalue weighted by molar-refractivity contribution is -0.107. The third-order valence-electron chi connectivity index (χ3n) is 1.50. The molecule has 0 amide bonds. The van der Waals surface area contributed by atoms with Crippen molar-refractivity contribution in [3.63, 3.8) is 0 Å². The van der Waals surface area contributed by atoms with E-state index in [1.165, 1.54) is 7.11 Å². The van der Waals surface area contributed by atoms with E-state index < -0.39 is 0 Å². The minimum Gasteiger partial charge on any atom is -0.481 e. The largest absolute Gasteiger partial charge is 0.481 e. The SMILES string of the molecule is COc1ccc(N)c(C#CCC=O)n1. The summed E-state index contributed by atoms with van der Waals surface area (Å²) in [6.45, 7) is 0. The van der Waals surface area contributed by atoms with Gasteiger partial charge in [0.2, 0.25) is 5.88 Å². The van der Waals surface area contributed by atoms with Crippen molar-refractivity contribution >= 4 is 12.0 Å². The van der Waals surface area contributed by atoms with Crippen LogP contribution in [0.15, 0.2) is 12.1 Å². The van der Waals surface area contributed by atoms with E-state index in [1.807, 2.05) is 0 Å². The lowest BCUT2D eigenvalue weighted by Gasteiger charge is -2.00. The zero-order chi connectivity index (χ0) is 10.4. The van der Waals surface area contributed by atoms with E-state index in [0.717, 1.165) is 6.29 Å². The van der Waals surface area contributed by atoms with Crippen molar-refractivity contribution in [2.45, 2.75) is 6.42 Å². The molecule has 0 aliphatic heterocycles. The van der Waals surface area contributed by atoms with Gasteiger partial charge in [-0.3, -0.25) is 0 Å². The normalized spacial score (nSPS) is 8.64. The summed E-state index contributed by atoms with van der Waals surface area (Å²) in [6.07, 6.45) is 0.904. The first kappa shape index (κ1) is 10.1. The highest BCUT2D eigenvalue weighted by Crippen LogP contribution is 2.13. The van der Waals surface area contributed by atoms with Crippen LogP contribution in [-0.2, 0) is 4.79 Å². The van der Waals surface area contributed by atoms with Gasteiger partial charge in [-0.05, 0) is 12.0 Å². The molecule has 72 valence electrons. The molecule has 0 atom stereocenters. The number of carbonyl (C=O) groups is 1. The molecule has 14 heavy (non-hydrogen) atoms. The maximum atomic E-state index is 10.0. The van der Waals surface area contributed by atoms with Gasteiger partial charge in [-0.1, -0.05) is 5.92 Å². The van der Waals surface area contributed by atoms with E-state index in [-0.39, 0.29) is 6.42 Å². The molecule has 1 aromatic heterocycles. The van der Waals surface area contributed by atoms with Crippen molar-refractivity contribution in [1.82, 2.24) is 4.98 Å². The van der Waals surface area contributed by atoms with Crippen LogP contribution in [0.5, 0.6) is 5.88 Å². The molecule has 0 saturated carbocycles. The number of nitrogen functional groups attached to an aromatic ring is 1. The van der Waals surface area contributed by atoms with Crippen LogP contribution in [0.1, 0.15) is 12.1 Å². The molecule has 0 bridgehead atoms. The number of hydrogen-bond acceptors (Lipinski definition) is 4. The Bertz CT molecular complexity index is 391. The second-order valence-corrected chi connectivity index (χ2v) is 2.46. The molecular weight excluding hydrogens is 180 g/mol. The van der Waals surface area contributed by atoms with Crippen LogP contribution in [0.25, 0.3) is 0 Å². The summed E-state index contributed by atoms with van der Waals surface area (Å²) in [4.78, 5) is 14.1. The summed E-state index contributed by atoms with van der Waals surface area (Å²) >= 11 is 0. The third-order valence-corrected chi connectivity index (χ3v) is 1.50. The zero-order valence-corrected chi connectivity index (χ0v) is 7.78. The van der Waals surface area contributed by atoms with Crippen molar-refractivity contribution in [3.8, 4) is 17.7 Å². The van der Waals surface area contributed by atoms with Crippen LogP contribution in [0.3, 0.4) is 0 Å². The van der Waals surface area contributed by atoms with Gasteiger partial charge in [0.05, 0.1) is 19.2 Å². The maximum Gasteiger partial charge on any atom is 0.214 e. The molecule has 0 aliphatic carbocycles. The Labute approximate surface area is 82.1 Å². The molecule has 1 rings (SSSR count). The van der Waals surface area contributed by atoms with E-state index >= 15 is 0 Å². The Balaban J connectivity index is 2.96. The van der Waals surface area contributed by atoms with Gasteiger partial charge in [-0.2, -0.15) is 0 Å². The Morgan fingerprint density at radius 3 is 3.07 bits per heavy atom. The second kappa shape index (κ2) is 4.87. The van der Waals surface area contributed by atoms with Crippen LogP contribution in [-0.4, -0.2) is 18.4 Å². The monoisotopic (exact) mass is 190 g/mol. The first-order valence-corrected chi connectivity index (χ1v) is 4.01.